The predicted molar refractivity (Wildman–Crippen MR) is 71.9 cm³/mol. The highest BCUT2D eigenvalue weighted by Crippen LogP contribution is 2.19. The van der Waals surface area contributed by atoms with Crippen molar-refractivity contribution in [2.24, 2.45) is 5.92 Å². The minimum Gasteiger partial charge on any atom is -0.339 e. The van der Waals surface area contributed by atoms with Crippen LogP contribution in [0.5, 0.6) is 0 Å². The van der Waals surface area contributed by atoms with Crippen molar-refractivity contribution in [1.29, 1.82) is 0 Å². The lowest BCUT2D eigenvalue weighted by Crippen LogP contribution is -2.55. The van der Waals surface area contributed by atoms with Gasteiger partial charge in [0, 0.05) is 18.6 Å². The molecule has 0 saturated carbocycles. The van der Waals surface area contributed by atoms with Gasteiger partial charge in [-0.25, -0.2) is 0 Å². The smallest absolute Gasteiger partial charge is 0.239 e. The summed E-state index contributed by atoms with van der Waals surface area (Å²) in [5.41, 5.74) is 0. The van der Waals surface area contributed by atoms with Gasteiger partial charge >= 0.3 is 0 Å². The Morgan fingerprint density at radius 3 is 2.47 bits per heavy atom. The van der Waals surface area contributed by atoms with Crippen molar-refractivity contribution in [1.82, 2.24) is 10.2 Å². The first-order chi connectivity index (χ1) is 7.91. The second-order valence-electron chi connectivity index (χ2n) is 6.03. The summed E-state index contributed by atoms with van der Waals surface area (Å²) < 4.78 is 0. The van der Waals surface area contributed by atoms with Gasteiger partial charge in [-0.05, 0) is 32.1 Å². The number of nitrogens with zero attached hydrogens (tertiary/aromatic N) is 1. The predicted octanol–water partition coefficient (Wildman–Crippen LogP) is 2.41. The van der Waals surface area contributed by atoms with Gasteiger partial charge in [0.2, 0.25) is 5.91 Å². The molecule has 1 saturated heterocycles. The van der Waals surface area contributed by atoms with Crippen LogP contribution in [-0.2, 0) is 4.79 Å². The maximum Gasteiger partial charge on any atom is 0.239 e. The third-order valence-electron chi connectivity index (χ3n) is 3.35. The van der Waals surface area contributed by atoms with Crippen LogP contribution in [0.25, 0.3) is 0 Å². The Morgan fingerprint density at radius 1 is 1.29 bits per heavy atom. The summed E-state index contributed by atoms with van der Waals surface area (Å²) in [6.07, 6.45) is 3.21. The zero-order valence-electron chi connectivity index (χ0n) is 12.0. The van der Waals surface area contributed by atoms with Crippen molar-refractivity contribution < 1.29 is 4.79 Å². The molecule has 0 radical (unpaired) electrons. The number of carbonyl (C=O) groups excluding carboxylic acids is 1. The summed E-state index contributed by atoms with van der Waals surface area (Å²) in [4.78, 5) is 14.4. The second-order valence-corrected chi connectivity index (χ2v) is 6.03. The number of amides is 1. The largest absolute Gasteiger partial charge is 0.339 e. The van der Waals surface area contributed by atoms with Crippen LogP contribution < -0.4 is 5.32 Å². The van der Waals surface area contributed by atoms with Gasteiger partial charge in [-0.1, -0.05) is 27.7 Å². The highest BCUT2D eigenvalue weighted by molar-refractivity contribution is 5.82. The van der Waals surface area contributed by atoms with E-state index in [1.165, 1.54) is 0 Å². The molecule has 3 heteroatoms. The lowest BCUT2D eigenvalue weighted by Gasteiger charge is -2.38. The summed E-state index contributed by atoms with van der Waals surface area (Å²) in [5.74, 6) is 0.953. The van der Waals surface area contributed by atoms with Gasteiger partial charge < -0.3 is 10.2 Å². The normalized spacial score (nSPS) is 23.6. The number of hydrogen-bond donors (Lipinski definition) is 1. The number of nitrogens with one attached hydrogen (secondary N) is 1. The summed E-state index contributed by atoms with van der Waals surface area (Å²) in [7, 11) is 0. The van der Waals surface area contributed by atoms with Gasteiger partial charge in [-0.15, -0.1) is 0 Å². The molecule has 0 aromatic rings. The van der Waals surface area contributed by atoms with Crippen LogP contribution in [-0.4, -0.2) is 35.5 Å². The second kappa shape index (κ2) is 6.39. The molecule has 1 aliphatic rings. The number of rotatable bonds is 5. The van der Waals surface area contributed by atoms with E-state index in [0.29, 0.717) is 23.9 Å². The fourth-order valence-electron chi connectivity index (χ4n) is 2.70. The molecule has 1 aliphatic heterocycles. The highest BCUT2D eigenvalue weighted by atomic mass is 16.2. The van der Waals surface area contributed by atoms with Gasteiger partial charge in [-0.3, -0.25) is 4.79 Å². The molecule has 1 rings (SSSR count). The van der Waals surface area contributed by atoms with Crippen LogP contribution in [0.1, 0.15) is 53.9 Å². The first-order valence-corrected chi connectivity index (χ1v) is 6.98. The Bertz CT molecular complexity index is 251. The minimum absolute atomic E-state index is 0.0402. The monoisotopic (exact) mass is 240 g/mol. The molecular weight excluding hydrogens is 212 g/mol. The zero-order valence-corrected chi connectivity index (χ0v) is 12.0. The molecule has 17 heavy (non-hydrogen) atoms. The highest BCUT2D eigenvalue weighted by Gasteiger charge is 2.31. The fraction of sp³-hybridized carbons (Fsp3) is 0.929. The van der Waals surface area contributed by atoms with Crippen LogP contribution >= 0.6 is 0 Å². The van der Waals surface area contributed by atoms with Gasteiger partial charge in [-0.2, -0.15) is 0 Å². The lowest BCUT2D eigenvalue weighted by atomic mass is 9.98. The summed E-state index contributed by atoms with van der Waals surface area (Å²) in [5, 5.41) is 3.38. The van der Waals surface area contributed by atoms with E-state index in [9.17, 15) is 4.79 Å². The zero-order chi connectivity index (χ0) is 13.0. The van der Waals surface area contributed by atoms with Gasteiger partial charge in [0.1, 0.15) is 0 Å². The number of carbonyl (C=O) groups is 1. The third kappa shape index (κ3) is 4.30. The number of likely N-dealkylation sites (tertiary alicyclic amines) is 1. The van der Waals surface area contributed by atoms with E-state index >= 15 is 0 Å². The van der Waals surface area contributed by atoms with E-state index in [2.05, 4.69) is 44.8 Å². The van der Waals surface area contributed by atoms with Crippen LogP contribution in [0.4, 0.5) is 0 Å². The summed E-state index contributed by atoms with van der Waals surface area (Å²) in [6.45, 7) is 11.7. The van der Waals surface area contributed by atoms with Gasteiger partial charge in [0.05, 0.1) is 6.04 Å². The molecule has 3 nitrogen and oxygen atoms in total. The third-order valence-corrected chi connectivity index (χ3v) is 3.35. The summed E-state index contributed by atoms with van der Waals surface area (Å²) >= 11 is 0. The van der Waals surface area contributed by atoms with E-state index < -0.39 is 0 Å². The van der Waals surface area contributed by atoms with Gasteiger partial charge in [0.15, 0.2) is 0 Å². The molecule has 100 valence electrons. The Labute approximate surface area is 106 Å². The summed E-state index contributed by atoms with van der Waals surface area (Å²) in [6, 6.07) is 0.793. The van der Waals surface area contributed by atoms with Crippen LogP contribution in [0.15, 0.2) is 0 Å². The Hall–Kier alpha value is -0.570. The molecule has 2 atom stereocenters. The molecule has 0 aromatic heterocycles. The van der Waals surface area contributed by atoms with Crippen molar-refractivity contribution in [3.05, 3.63) is 0 Å². The first kappa shape index (κ1) is 14.5. The number of hydrogen-bond acceptors (Lipinski definition) is 2. The average molecular weight is 240 g/mol. The minimum atomic E-state index is 0.0402. The molecule has 1 amide bonds. The average Bonchev–Trinajstić information content (AvgIpc) is 2.19. The Kier molecular flexibility index (Phi) is 5.44. The maximum absolute atomic E-state index is 12.3. The lowest BCUT2D eigenvalue weighted by molar-refractivity contribution is -0.138. The first-order valence-electron chi connectivity index (χ1n) is 6.98. The van der Waals surface area contributed by atoms with E-state index in [1.807, 2.05) is 0 Å². The van der Waals surface area contributed by atoms with E-state index in [1.54, 1.807) is 0 Å². The van der Waals surface area contributed by atoms with Crippen LogP contribution in [0.3, 0.4) is 0 Å². The maximum atomic E-state index is 12.3. The molecule has 1 heterocycles. The molecule has 1 fully saturated rings. The molecule has 0 aromatic carbocycles. The molecule has 2 unspecified atom stereocenters. The van der Waals surface area contributed by atoms with Crippen LogP contribution in [0.2, 0.25) is 0 Å². The van der Waals surface area contributed by atoms with Crippen molar-refractivity contribution in [3.8, 4) is 0 Å². The van der Waals surface area contributed by atoms with E-state index in [0.717, 1.165) is 25.8 Å². The quantitative estimate of drug-likeness (QED) is 0.800. The van der Waals surface area contributed by atoms with Crippen LogP contribution in [0, 0.1) is 5.92 Å². The topological polar surface area (TPSA) is 32.3 Å². The van der Waals surface area contributed by atoms with E-state index in [-0.39, 0.29) is 6.04 Å². The van der Waals surface area contributed by atoms with E-state index in [4.69, 9.17) is 0 Å². The Morgan fingerprint density at radius 2 is 1.94 bits per heavy atom. The standard InChI is InChI=1S/C14H28N2O/c1-10(2)9-12(5)16-8-6-7-13(14(16)17)15-11(3)4/h10-13,15H,6-9H2,1-5H3. The molecule has 0 spiro atoms. The van der Waals surface area contributed by atoms with Crippen molar-refractivity contribution in [2.75, 3.05) is 6.54 Å². The Balaban J connectivity index is 2.58. The molecule has 0 aliphatic carbocycles. The van der Waals surface area contributed by atoms with Gasteiger partial charge in [0.25, 0.3) is 0 Å². The SMILES string of the molecule is CC(C)CC(C)N1CCCC(NC(C)C)C1=O. The molecule has 1 N–H and O–H groups in total. The fourth-order valence-corrected chi connectivity index (χ4v) is 2.70. The van der Waals surface area contributed by atoms with Crippen molar-refractivity contribution in [2.45, 2.75) is 72.0 Å². The number of piperidine rings is 1. The van der Waals surface area contributed by atoms with Crippen molar-refractivity contribution in [3.63, 3.8) is 0 Å². The molecular formula is C14H28N2O. The molecule has 0 bridgehead atoms. The van der Waals surface area contributed by atoms with Crippen molar-refractivity contribution >= 4 is 5.91 Å².